The summed E-state index contributed by atoms with van der Waals surface area (Å²) < 4.78 is 10.7. The normalized spacial score (nSPS) is 23.4. The van der Waals surface area contributed by atoms with Gasteiger partial charge < -0.3 is 14.4 Å². The molecule has 0 aromatic carbocycles. The van der Waals surface area contributed by atoms with Gasteiger partial charge in [0.2, 0.25) is 0 Å². The number of epoxide rings is 1. The van der Waals surface area contributed by atoms with Crippen LogP contribution in [-0.2, 0) is 9.47 Å². The highest BCUT2D eigenvalue weighted by molar-refractivity contribution is 5.68. The largest absolute Gasteiger partial charge is 0.444 e. The number of rotatable bonds is 5. The zero-order chi connectivity index (χ0) is 13.1. The van der Waals surface area contributed by atoms with Crippen LogP contribution in [0.2, 0.25) is 0 Å². The van der Waals surface area contributed by atoms with Crippen molar-refractivity contribution in [2.24, 2.45) is 0 Å². The van der Waals surface area contributed by atoms with E-state index in [1.165, 1.54) is 0 Å². The minimum absolute atomic E-state index is 0.148. The molecule has 1 rings (SSSR count). The second kappa shape index (κ2) is 5.25. The van der Waals surface area contributed by atoms with Gasteiger partial charge in [0.25, 0.3) is 0 Å². The van der Waals surface area contributed by atoms with E-state index in [9.17, 15) is 4.79 Å². The Morgan fingerprint density at radius 3 is 2.47 bits per heavy atom. The minimum atomic E-state index is -0.438. The number of nitrogens with zero attached hydrogens (tertiary/aromatic N) is 1. The molecule has 0 N–H and O–H groups in total. The molecule has 0 aromatic rings. The topological polar surface area (TPSA) is 42.1 Å². The monoisotopic (exact) mass is 243 g/mol. The van der Waals surface area contributed by atoms with Crippen molar-refractivity contribution < 1.29 is 14.3 Å². The highest BCUT2D eigenvalue weighted by Crippen LogP contribution is 2.27. The van der Waals surface area contributed by atoms with Gasteiger partial charge >= 0.3 is 6.09 Å². The highest BCUT2D eigenvalue weighted by atomic mass is 16.6. The van der Waals surface area contributed by atoms with E-state index in [0.29, 0.717) is 6.54 Å². The molecule has 0 aliphatic carbocycles. The van der Waals surface area contributed by atoms with E-state index in [2.05, 4.69) is 6.92 Å². The van der Waals surface area contributed by atoms with E-state index in [0.717, 1.165) is 26.0 Å². The summed E-state index contributed by atoms with van der Waals surface area (Å²) in [6.07, 6.45) is 1.83. The summed E-state index contributed by atoms with van der Waals surface area (Å²) in [4.78, 5) is 13.8. The van der Waals surface area contributed by atoms with Crippen LogP contribution in [0.15, 0.2) is 0 Å². The van der Waals surface area contributed by atoms with Gasteiger partial charge in [-0.15, -0.1) is 0 Å². The van der Waals surface area contributed by atoms with Crippen LogP contribution in [0.1, 0.15) is 47.5 Å². The fourth-order valence-electron chi connectivity index (χ4n) is 1.53. The number of carbonyl (C=O) groups excluding carboxylic acids is 1. The van der Waals surface area contributed by atoms with Gasteiger partial charge in [0, 0.05) is 6.54 Å². The molecule has 0 bridgehead atoms. The van der Waals surface area contributed by atoms with E-state index in [1.807, 2.05) is 27.7 Å². The lowest BCUT2D eigenvalue weighted by molar-refractivity contribution is 0.0205. The summed E-state index contributed by atoms with van der Waals surface area (Å²) in [6.45, 7) is 11.9. The molecule has 1 atom stereocenters. The molecule has 1 amide bonds. The van der Waals surface area contributed by atoms with E-state index < -0.39 is 5.60 Å². The molecule has 4 heteroatoms. The van der Waals surface area contributed by atoms with Crippen LogP contribution in [0.4, 0.5) is 4.79 Å². The molecule has 0 spiro atoms. The molecule has 1 saturated heterocycles. The Balaban J connectivity index is 2.52. The third-order valence-electron chi connectivity index (χ3n) is 2.60. The van der Waals surface area contributed by atoms with E-state index in [1.54, 1.807) is 4.90 Å². The first kappa shape index (κ1) is 14.3. The lowest BCUT2D eigenvalue weighted by Crippen LogP contribution is -2.42. The molecule has 1 fully saturated rings. The second-order valence-electron chi connectivity index (χ2n) is 5.99. The Hall–Kier alpha value is -0.770. The van der Waals surface area contributed by atoms with Crippen molar-refractivity contribution in [3.8, 4) is 0 Å². The second-order valence-corrected chi connectivity index (χ2v) is 5.99. The summed E-state index contributed by atoms with van der Waals surface area (Å²) >= 11 is 0. The fraction of sp³-hybridized carbons (Fsp3) is 0.923. The van der Waals surface area contributed by atoms with Crippen molar-refractivity contribution >= 4 is 6.09 Å². The maximum absolute atomic E-state index is 12.0. The Labute approximate surface area is 104 Å². The molecule has 17 heavy (non-hydrogen) atoms. The molecule has 100 valence electrons. The summed E-state index contributed by atoms with van der Waals surface area (Å²) in [6, 6.07) is 0. The maximum atomic E-state index is 12.0. The first-order valence-corrected chi connectivity index (χ1v) is 6.38. The number of amides is 1. The smallest absolute Gasteiger partial charge is 0.410 e. The van der Waals surface area contributed by atoms with Crippen molar-refractivity contribution in [1.82, 2.24) is 4.90 Å². The van der Waals surface area contributed by atoms with Crippen LogP contribution >= 0.6 is 0 Å². The van der Waals surface area contributed by atoms with Gasteiger partial charge in [0.1, 0.15) is 11.2 Å². The summed E-state index contributed by atoms with van der Waals surface area (Å²) in [7, 11) is 0. The number of hydrogen-bond donors (Lipinski definition) is 0. The number of hydrogen-bond acceptors (Lipinski definition) is 3. The van der Waals surface area contributed by atoms with Gasteiger partial charge in [-0.05, 0) is 34.1 Å². The van der Waals surface area contributed by atoms with Crippen LogP contribution in [0.25, 0.3) is 0 Å². The number of unbranched alkanes of at least 4 members (excludes halogenated alkanes) is 1. The van der Waals surface area contributed by atoms with Crippen molar-refractivity contribution in [3.63, 3.8) is 0 Å². The van der Waals surface area contributed by atoms with Gasteiger partial charge in [-0.3, -0.25) is 0 Å². The number of carbonyl (C=O) groups is 1. The van der Waals surface area contributed by atoms with Crippen LogP contribution in [0.5, 0.6) is 0 Å². The lowest BCUT2D eigenvalue weighted by Gasteiger charge is -2.28. The Bertz CT molecular complexity index is 266. The molecule has 1 heterocycles. The summed E-state index contributed by atoms with van der Waals surface area (Å²) in [5, 5.41) is 0. The Kier molecular flexibility index (Phi) is 4.42. The first-order valence-electron chi connectivity index (χ1n) is 6.38. The van der Waals surface area contributed by atoms with E-state index in [4.69, 9.17) is 9.47 Å². The molecule has 0 aromatic heterocycles. The van der Waals surface area contributed by atoms with Crippen molar-refractivity contribution in [2.75, 3.05) is 19.7 Å². The molecule has 4 nitrogen and oxygen atoms in total. The minimum Gasteiger partial charge on any atom is -0.444 e. The van der Waals surface area contributed by atoms with Crippen LogP contribution in [0.3, 0.4) is 0 Å². The average Bonchev–Trinajstić information content (AvgIpc) is 2.88. The molecular weight excluding hydrogens is 218 g/mol. The van der Waals surface area contributed by atoms with Gasteiger partial charge in [-0.25, -0.2) is 4.79 Å². The number of ether oxygens (including phenoxy) is 2. The van der Waals surface area contributed by atoms with Gasteiger partial charge in [-0.1, -0.05) is 13.3 Å². The van der Waals surface area contributed by atoms with Crippen molar-refractivity contribution in [2.45, 2.75) is 58.7 Å². The predicted molar refractivity (Wildman–Crippen MR) is 67.1 cm³/mol. The van der Waals surface area contributed by atoms with Gasteiger partial charge in [-0.2, -0.15) is 0 Å². The zero-order valence-corrected chi connectivity index (χ0v) is 11.7. The van der Waals surface area contributed by atoms with Crippen molar-refractivity contribution in [3.05, 3.63) is 0 Å². The molecule has 0 radical (unpaired) electrons. The molecule has 0 saturated carbocycles. The SMILES string of the molecule is CCCCN(CC1(C)CO1)C(=O)OC(C)(C)C. The summed E-state index contributed by atoms with van der Waals surface area (Å²) in [5.74, 6) is 0. The molecule has 1 aliphatic rings. The van der Waals surface area contributed by atoms with Gasteiger partial charge in [0.05, 0.1) is 13.2 Å². The van der Waals surface area contributed by atoms with Gasteiger partial charge in [0.15, 0.2) is 0 Å². The molecular formula is C13H25NO3. The molecule has 1 aliphatic heterocycles. The maximum Gasteiger partial charge on any atom is 0.410 e. The quantitative estimate of drug-likeness (QED) is 0.697. The lowest BCUT2D eigenvalue weighted by atomic mass is 10.2. The third kappa shape index (κ3) is 5.39. The van der Waals surface area contributed by atoms with Crippen LogP contribution in [0, 0.1) is 0 Å². The Morgan fingerprint density at radius 2 is 2.06 bits per heavy atom. The third-order valence-corrected chi connectivity index (χ3v) is 2.60. The van der Waals surface area contributed by atoms with E-state index in [-0.39, 0.29) is 11.7 Å². The fourth-order valence-corrected chi connectivity index (χ4v) is 1.53. The standard InChI is InChI=1S/C13H25NO3/c1-6-7-8-14(9-13(5)10-16-13)11(15)17-12(2,3)4/h6-10H2,1-5H3. The van der Waals surface area contributed by atoms with Crippen molar-refractivity contribution in [1.29, 1.82) is 0 Å². The highest BCUT2D eigenvalue weighted by Gasteiger charge is 2.42. The van der Waals surface area contributed by atoms with Crippen LogP contribution < -0.4 is 0 Å². The molecule has 1 unspecified atom stereocenters. The average molecular weight is 243 g/mol. The van der Waals surface area contributed by atoms with E-state index >= 15 is 0 Å². The van der Waals surface area contributed by atoms with Crippen LogP contribution in [-0.4, -0.2) is 41.9 Å². The zero-order valence-electron chi connectivity index (χ0n) is 11.7. The summed E-state index contributed by atoms with van der Waals surface area (Å²) in [5.41, 5.74) is -0.586. The first-order chi connectivity index (χ1) is 7.76. The Morgan fingerprint density at radius 1 is 1.47 bits per heavy atom. The predicted octanol–water partition coefficient (Wildman–Crippen LogP) is 2.81.